The summed E-state index contributed by atoms with van der Waals surface area (Å²) in [5.74, 6) is 1.64. The maximum atomic E-state index is 5.58. The van der Waals surface area contributed by atoms with E-state index in [-0.39, 0.29) is 5.54 Å². The number of fused-ring (bicyclic) bond motifs is 1. The number of hydrogen-bond donors (Lipinski definition) is 0. The van der Waals surface area contributed by atoms with Gasteiger partial charge in [0.1, 0.15) is 0 Å². The van der Waals surface area contributed by atoms with Gasteiger partial charge in [0.15, 0.2) is 11.5 Å². The molecule has 0 aromatic heterocycles. The summed E-state index contributed by atoms with van der Waals surface area (Å²) < 4.78 is 11.1. The second-order valence-corrected chi connectivity index (χ2v) is 7.73. The molecule has 0 N–H and O–H groups in total. The molecule has 1 aliphatic heterocycles. The van der Waals surface area contributed by atoms with Crippen LogP contribution in [-0.2, 0) is 12.8 Å². The van der Waals surface area contributed by atoms with E-state index in [1.165, 1.54) is 16.7 Å². The van der Waals surface area contributed by atoms with Crippen molar-refractivity contribution in [2.24, 2.45) is 0 Å². The molecule has 0 spiro atoms. The molecule has 134 valence electrons. The van der Waals surface area contributed by atoms with Gasteiger partial charge in [0.05, 0.1) is 14.2 Å². The molecule has 0 saturated heterocycles. The average molecular weight is 339 g/mol. The highest BCUT2D eigenvalue weighted by molar-refractivity contribution is 5.50. The highest BCUT2D eigenvalue weighted by Gasteiger charge is 2.35. The fourth-order valence-electron chi connectivity index (χ4n) is 3.89. The van der Waals surface area contributed by atoms with Crippen LogP contribution in [0.5, 0.6) is 11.5 Å². The first-order valence-electron chi connectivity index (χ1n) is 8.99. The monoisotopic (exact) mass is 339 g/mol. The summed E-state index contributed by atoms with van der Waals surface area (Å²) in [5.41, 5.74) is 4.22. The summed E-state index contributed by atoms with van der Waals surface area (Å²) in [6.45, 7) is 7.97. The van der Waals surface area contributed by atoms with Gasteiger partial charge < -0.3 is 9.47 Å². The summed E-state index contributed by atoms with van der Waals surface area (Å²) in [4.78, 5) is 2.62. The van der Waals surface area contributed by atoms with Gasteiger partial charge in [0.2, 0.25) is 0 Å². The Bertz CT molecular complexity index is 719. The van der Waals surface area contributed by atoms with E-state index in [2.05, 4.69) is 68.1 Å². The molecule has 25 heavy (non-hydrogen) atoms. The van der Waals surface area contributed by atoms with Crippen LogP contribution in [-0.4, -0.2) is 31.2 Å². The summed E-state index contributed by atoms with van der Waals surface area (Å²) in [6, 6.07) is 15.4. The lowest BCUT2D eigenvalue weighted by Crippen LogP contribution is -2.48. The maximum Gasteiger partial charge on any atom is 0.161 e. The molecule has 1 atom stereocenters. The zero-order valence-corrected chi connectivity index (χ0v) is 16.0. The van der Waals surface area contributed by atoms with Crippen molar-refractivity contribution in [1.82, 2.24) is 4.90 Å². The molecule has 0 aliphatic carbocycles. The molecule has 3 rings (SSSR count). The summed E-state index contributed by atoms with van der Waals surface area (Å²) in [5, 5.41) is 0. The minimum atomic E-state index is 0.115. The molecule has 3 heteroatoms. The Hall–Kier alpha value is -2.00. The molecule has 0 amide bonds. The predicted molar refractivity (Wildman–Crippen MR) is 103 cm³/mol. The number of ether oxygens (including phenoxy) is 2. The SMILES string of the molecule is COc1cc2c(cc1OC)C(Cc1ccccc1)N(C(C)(C)C)CC2. The molecule has 2 aromatic rings. The molecule has 1 unspecified atom stereocenters. The first kappa shape index (κ1) is 17.8. The zero-order chi connectivity index (χ0) is 18.0. The Balaban J connectivity index is 2.06. The van der Waals surface area contributed by atoms with E-state index in [0.717, 1.165) is 30.9 Å². The molecular formula is C22H29NO2. The quantitative estimate of drug-likeness (QED) is 0.810. The average Bonchev–Trinajstić information content (AvgIpc) is 2.60. The largest absolute Gasteiger partial charge is 0.493 e. The van der Waals surface area contributed by atoms with E-state index in [9.17, 15) is 0 Å². The smallest absolute Gasteiger partial charge is 0.161 e. The van der Waals surface area contributed by atoms with Crippen LogP contribution in [0.1, 0.15) is 43.5 Å². The van der Waals surface area contributed by atoms with E-state index in [1.54, 1.807) is 14.2 Å². The molecule has 1 heterocycles. The lowest BCUT2D eigenvalue weighted by molar-refractivity contribution is 0.0725. The van der Waals surface area contributed by atoms with Crippen molar-refractivity contribution in [1.29, 1.82) is 0 Å². The third-order valence-electron chi connectivity index (χ3n) is 5.14. The van der Waals surface area contributed by atoms with Crippen LogP contribution in [0.3, 0.4) is 0 Å². The molecule has 2 aromatic carbocycles. The molecule has 1 aliphatic rings. The Labute approximate surface area is 151 Å². The van der Waals surface area contributed by atoms with Gasteiger partial charge in [-0.3, -0.25) is 4.90 Å². The minimum absolute atomic E-state index is 0.115. The highest BCUT2D eigenvalue weighted by Crippen LogP contribution is 2.41. The first-order valence-corrected chi connectivity index (χ1v) is 8.99. The summed E-state index contributed by atoms with van der Waals surface area (Å²) in [6.07, 6.45) is 2.04. The van der Waals surface area contributed by atoms with Crippen LogP contribution in [0, 0.1) is 0 Å². The predicted octanol–water partition coefficient (Wildman–Crippen LogP) is 4.64. The van der Waals surface area contributed by atoms with Crippen LogP contribution in [0.25, 0.3) is 0 Å². The first-order chi connectivity index (χ1) is 11.9. The van der Waals surface area contributed by atoms with Crippen molar-refractivity contribution in [2.75, 3.05) is 20.8 Å². The highest BCUT2D eigenvalue weighted by atomic mass is 16.5. The van der Waals surface area contributed by atoms with Gasteiger partial charge >= 0.3 is 0 Å². The zero-order valence-electron chi connectivity index (χ0n) is 16.0. The van der Waals surface area contributed by atoms with Crippen molar-refractivity contribution >= 4 is 0 Å². The van der Waals surface area contributed by atoms with Gasteiger partial charge in [0, 0.05) is 18.1 Å². The van der Waals surface area contributed by atoms with Gasteiger partial charge in [0.25, 0.3) is 0 Å². The molecule has 0 saturated carbocycles. The third-order valence-corrected chi connectivity index (χ3v) is 5.14. The van der Waals surface area contributed by atoms with Crippen LogP contribution < -0.4 is 9.47 Å². The Morgan fingerprint density at radius 2 is 1.64 bits per heavy atom. The number of rotatable bonds is 4. The van der Waals surface area contributed by atoms with Gasteiger partial charge in [-0.05, 0) is 62.4 Å². The maximum absolute atomic E-state index is 5.58. The fourth-order valence-corrected chi connectivity index (χ4v) is 3.89. The number of hydrogen-bond acceptors (Lipinski definition) is 3. The van der Waals surface area contributed by atoms with E-state index in [0.29, 0.717) is 6.04 Å². The normalized spacial score (nSPS) is 17.9. The van der Waals surface area contributed by atoms with Crippen LogP contribution in [0.4, 0.5) is 0 Å². The summed E-state index contributed by atoms with van der Waals surface area (Å²) >= 11 is 0. The van der Waals surface area contributed by atoms with Crippen molar-refractivity contribution in [2.45, 2.75) is 45.2 Å². The van der Waals surface area contributed by atoms with Gasteiger partial charge in [-0.25, -0.2) is 0 Å². The number of nitrogens with zero attached hydrogens (tertiary/aromatic N) is 1. The van der Waals surface area contributed by atoms with Crippen molar-refractivity contribution < 1.29 is 9.47 Å². The van der Waals surface area contributed by atoms with E-state index in [4.69, 9.17) is 9.47 Å². The Morgan fingerprint density at radius 1 is 1.00 bits per heavy atom. The minimum Gasteiger partial charge on any atom is -0.493 e. The van der Waals surface area contributed by atoms with Crippen LogP contribution in [0.15, 0.2) is 42.5 Å². The van der Waals surface area contributed by atoms with E-state index < -0.39 is 0 Å². The van der Waals surface area contributed by atoms with Gasteiger partial charge in [-0.1, -0.05) is 30.3 Å². The second-order valence-electron chi connectivity index (χ2n) is 7.73. The summed E-state index contributed by atoms with van der Waals surface area (Å²) in [7, 11) is 3.41. The molecular weight excluding hydrogens is 310 g/mol. The topological polar surface area (TPSA) is 21.7 Å². The van der Waals surface area contributed by atoms with Crippen LogP contribution in [0.2, 0.25) is 0 Å². The Morgan fingerprint density at radius 3 is 2.24 bits per heavy atom. The van der Waals surface area contributed by atoms with E-state index in [1.807, 2.05) is 0 Å². The second kappa shape index (κ2) is 7.09. The van der Waals surface area contributed by atoms with E-state index >= 15 is 0 Å². The fraction of sp³-hybridized carbons (Fsp3) is 0.455. The molecule has 0 bridgehead atoms. The lowest BCUT2D eigenvalue weighted by atomic mass is 9.85. The van der Waals surface area contributed by atoms with Crippen molar-refractivity contribution in [3.05, 3.63) is 59.2 Å². The van der Waals surface area contributed by atoms with Crippen molar-refractivity contribution in [3.63, 3.8) is 0 Å². The van der Waals surface area contributed by atoms with Crippen molar-refractivity contribution in [3.8, 4) is 11.5 Å². The van der Waals surface area contributed by atoms with Crippen LogP contribution >= 0.6 is 0 Å². The molecule has 0 fully saturated rings. The number of benzene rings is 2. The van der Waals surface area contributed by atoms with Gasteiger partial charge in [-0.15, -0.1) is 0 Å². The standard InChI is InChI=1S/C22H29NO2/c1-22(2,3)23-12-11-17-14-20(24-4)21(25-5)15-18(17)19(23)13-16-9-7-6-8-10-16/h6-10,14-15,19H,11-13H2,1-5H3. The Kier molecular flexibility index (Phi) is 5.05. The molecule has 3 nitrogen and oxygen atoms in total. The van der Waals surface area contributed by atoms with Gasteiger partial charge in [-0.2, -0.15) is 0 Å². The third kappa shape index (κ3) is 3.67. The lowest BCUT2D eigenvalue weighted by Gasteiger charge is -2.46. The number of methoxy groups -OCH3 is 2. The molecule has 0 radical (unpaired) electrons.